The van der Waals surface area contributed by atoms with E-state index in [1.807, 2.05) is 6.92 Å². The minimum Gasteiger partial charge on any atom is -0.870 e. The molecule has 0 aliphatic carbocycles. The summed E-state index contributed by atoms with van der Waals surface area (Å²) in [6.45, 7) is 1.96. The van der Waals surface area contributed by atoms with Crippen LogP contribution in [0, 0.1) is 10.1 Å². The molecule has 0 saturated heterocycles. The summed E-state index contributed by atoms with van der Waals surface area (Å²) in [5, 5.41) is 14.3. The average Bonchev–Trinajstić information content (AvgIpc) is 2.19. The van der Waals surface area contributed by atoms with Crippen LogP contribution in [0.5, 0.6) is 0 Å². The number of hydrogen-bond donors (Lipinski definition) is 1. The molecule has 0 radical (unpaired) electrons. The minimum atomic E-state index is -0.436. The van der Waals surface area contributed by atoms with Gasteiger partial charge in [-0.1, -0.05) is 13.0 Å². The van der Waals surface area contributed by atoms with Crippen LogP contribution in [0.1, 0.15) is 13.3 Å². The third-order valence-corrected chi connectivity index (χ3v) is 1.52. The van der Waals surface area contributed by atoms with E-state index < -0.39 is 4.92 Å². The summed E-state index contributed by atoms with van der Waals surface area (Å²) >= 11 is 0. The number of rotatable bonds is 4. The van der Waals surface area contributed by atoms with E-state index in [0.717, 1.165) is 6.42 Å². The van der Waals surface area contributed by atoms with Gasteiger partial charge in [0.15, 0.2) is 0 Å². The molecule has 0 atom stereocenters. The molecule has 0 unspecified atom stereocenters. The Morgan fingerprint density at radius 3 is 2.81 bits per heavy atom. The molecular weight excluding hydrogens is 221 g/mol. The summed E-state index contributed by atoms with van der Waals surface area (Å²) in [4.78, 5) is 9.99. The van der Waals surface area contributed by atoms with E-state index in [0.29, 0.717) is 5.69 Å². The van der Waals surface area contributed by atoms with Crippen LogP contribution in [-0.4, -0.2) is 16.6 Å². The van der Waals surface area contributed by atoms with Crippen molar-refractivity contribution in [1.82, 2.24) is 0 Å². The van der Waals surface area contributed by atoms with Gasteiger partial charge in [0.25, 0.3) is 5.69 Å². The zero-order valence-corrected chi connectivity index (χ0v) is 11.3. The fraction of sp³-hybridized carbons (Fsp3) is 0.222. The Balaban J connectivity index is 0. The molecule has 16 heavy (non-hydrogen) atoms. The van der Waals surface area contributed by atoms with E-state index in [1.54, 1.807) is 18.3 Å². The predicted molar refractivity (Wildman–Crippen MR) is 57.4 cm³/mol. The zero-order valence-electron chi connectivity index (χ0n) is 9.25. The average molecular weight is 233 g/mol. The van der Waals surface area contributed by atoms with Crippen LogP contribution in [0.2, 0.25) is 0 Å². The third-order valence-electron chi connectivity index (χ3n) is 1.52. The van der Waals surface area contributed by atoms with Crippen LogP contribution in [0.15, 0.2) is 29.4 Å². The topological polar surface area (TPSA) is 97.5 Å². The van der Waals surface area contributed by atoms with Gasteiger partial charge >= 0.3 is 29.6 Å². The Morgan fingerprint density at radius 2 is 2.25 bits per heavy atom. The van der Waals surface area contributed by atoms with Gasteiger partial charge in [0.1, 0.15) is 0 Å². The number of hydrazone groups is 1. The van der Waals surface area contributed by atoms with E-state index in [9.17, 15) is 10.1 Å². The molecule has 0 bridgehead atoms. The zero-order chi connectivity index (χ0) is 10.4. The largest absolute Gasteiger partial charge is 1.00 e. The normalized spacial score (nSPS) is 9.06. The van der Waals surface area contributed by atoms with E-state index >= 15 is 0 Å². The summed E-state index contributed by atoms with van der Waals surface area (Å²) in [5.41, 5.74) is 3.38. The maximum atomic E-state index is 10.4. The van der Waals surface area contributed by atoms with Crippen molar-refractivity contribution in [2.45, 2.75) is 13.3 Å². The van der Waals surface area contributed by atoms with Gasteiger partial charge in [-0.2, -0.15) is 5.10 Å². The number of nitrogens with one attached hydrogen (secondary N) is 1. The van der Waals surface area contributed by atoms with Gasteiger partial charge in [-0.25, -0.2) is 0 Å². The smallest absolute Gasteiger partial charge is 0.870 e. The van der Waals surface area contributed by atoms with Crippen LogP contribution in [0.3, 0.4) is 0 Å². The summed E-state index contributed by atoms with van der Waals surface area (Å²) in [7, 11) is 0. The Labute approximate surface area is 115 Å². The van der Waals surface area contributed by atoms with Gasteiger partial charge in [0, 0.05) is 18.3 Å². The van der Waals surface area contributed by atoms with E-state index in [2.05, 4.69) is 10.5 Å². The Bertz CT molecular complexity index is 358. The summed E-state index contributed by atoms with van der Waals surface area (Å²) in [6, 6.07) is 6.21. The molecule has 7 heteroatoms. The fourth-order valence-corrected chi connectivity index (χ4v) is 0.900. The first-order chi connectivity index (χ1) is 6.74. The standard InChI is InChI=1S/C9H11N3O2.Na.H2O/c1-2-6-10-11-8-4-3-5-9(7-8)12(13)14;;/h3-7,11H,2H2,1H3;;1H2/q;+1;/p-1/b10-6+;;. The Morgan fingerprint density at radius 1 is 1.56 bits per heavy atom. The van der Waals surface area contributed by atoms with Gasteiger partial charge in [-0.3, -0.25) is 15.5 Å². The van der Waals surface area contributed by atoms with Gasteiger partial charge in [-0.05, 0) is 12.5 Å². The van der Waals surface area contributed by atoms with Crippen LogP contribution < -0.4 is 35.0 Å². The first kappa shape index (κ1) is 17.4. The molecule has 0 spiro atoms. The van der Waals surface area contributed by atoms with Gasteiger partial charge in [-0.15, -0.1) is 0 Å². The Hall–Kier alpha value is -0.950. The molecule has 1 aromatic rings. The number of nitrogens with zero attached hydrogens (tertiary/aromatic N) is 2. The molecule has 0 aromatic heterocycles. The monoisotopic (exact) mass is 233 g/mol. The van der Waals surface area contributed by atoms with Gasteiger partial charge in [0.05, 0.1) is 10.6 Å². The molecule has 0 heterocycles. The van der Waals surface area contributed by atoms with Crippen LogP contribution >= 0.6 is 0 Å². The summed E-state index contributed by atoms with van der Waals surface area (Å²) in [6.07, 6.45) is 2.51. The second-order valence-electron chi connectivity index (χ2n) is 2.64. The number of nitro benzene ring substituents is 1. The molecule has 0 saturated carbocycles. The molecule has 6 nitrogen and oxygen atoms in total. The van der Waals surface area contributed by atoms with Crippen molar-refractivity contribution in [3.05, 3.63) is 34.4 Å². The second-order valence-corrected chi connectivity index (χ2v) is 2.64. The van der Waals surface area contributed by atoms with Crippen molar-refractivity contribution in [3.63, 3.8) is 0 Å². The first-order valence-electron chi connectivity index (χ1n) is 4.26. The van der Waals surface area contributed by atoms with Crippen molar-refractivity contribution in [2.24, 2.45) is 5.10 Å². The number of nitro groups is 1. The van der Waals surface area contributed by atoms with Crippen LogP contribution in [0.25, 0.3) is 0 Å². The fourth-order valence-electron chi connectivity index (χ4n) is 0.900. The number of hydrogen-bond acceptors (Lipinski definition) is 5. The maximum Gasteiger partial charge on any atom is 1.00 e. The molecular formula is C9H12N3NaO3. The molecule has 0 aliphatic rings. The van der Waals surface area contributed by atoms with Gasteiger partial charge in [0.2, 0.25) is 0 Å². The second kappa shape index (κ2) is 9.29. The quantitative estimate of drug-likeness (QED) is 0.319. The van der Waals surface area contributed by atoms with Crippen molar-refractivity contribution in [3.8, 4) is 0 Å². The van der Waals surface area contributed by atoms with E-state index in [4.69, 9.17) is 0 Å². The number of non-ortho nitro benzene ring substituents is 1. The van der Waals surface area contributed by atoms with E-state index in [-0.39, 0.29) is 40.7 Å². The van der Waals surface area contributed by atoms with Gasteiger partial charge < -0.3 is 5.48 Å². The molecule has 0 fully saturated rings. The van der Waals surface area contributed by atoms with Crippen LogP contribution in [-0.2, 0) is 0 Å². The van der Waals surface area contributed by atoms with Crippen molar-refractivity contribution < 1.29 is 40.0 Å². The number of benzene rings is 1. The van der Waals surface area contributed by atoms with Crippen molar-refractivity contribution in [1.29, 1.82) is 0 Å². The van der Waals surface area contributed by atoms with Crippen molar-refractivity contribution >= 4 is 17.6 Å². The molecule has 0 aliphatic heterocycles. The number of anilines is 1. The predicted octanol–water partition coefficient (Wildman–Crippen LogP) is -0.770. The molecule has 2 N–H and O–H groups in total. The van der Waals surface area contributed by atoms with E-state index in [1.165, 1.54) is 12.1 Å². The molecule has 1 rings (SSSR count). The van der Waals surface area contributed by atoms with Crippen molar-refractivity contribution in [2.75, 3.05) is 5.43 Å². The molecule has 0 amide bonds. The summed E-state index contributed by atoms with van der Waals surface area (Å²) in [5.74, 6) is 0. The summed E-state index contributed by atoms with van der Waals surface area (Å²) < 4.78 is 0. The molecule has 82 valence electrons. The Kier molecular flexibility index (Phi) is 10.1. The first-order valence-corrected chi connectivity index (χ1v) is 4.26. The third kappa shape index (κ3) is 5.82. The maximum absolute atomic E-state index is 10.4. The SMILES string of the molecule is CC/C=N/Nc1cccc([N+](=O)[O-])c1.[Na+].[OH-]. The van der Waals surface area contributed by atoms with Crippen LogP contribution in [0.4, 0.5) is 11.4 Å². The minimum absolute atomic E-state index is 0. The molecule has 1 aromatic carbocycles.